The summed E-state index contributed by atoms with van der Waals surface area (Å²) in [5.74, 6) is 1.10. The Balaban J connectivity index is 1.37. The first kappa shape index (κ1) is 14.8. The number of benzene rings is 1. The zero-order valence-corrected chi connectivity index (χ0v) is 13.9. The molecule has 0 bridgehead atoms. The minimum Gasteiger partial charge on any atom is -0.416 e. The first-order valence-corrected chi connectivity index (χ1v) is 9.00. The lowest BCUT2D eigenvalue weighted by atomic mass is 10.1. The van der Waals surface area contributed by atoms with Crippen LogP contribution in [0.4, 0.5) is 5.69 Å². The van der Waals surface area contributed by atoms with Crippen molar-refractivity contribution < 1.29 is 9.21 Å². The molecule has 0 spiro atoms. The highest BCUT2D eigenvalue weighted by Crippen LogP contribution is 2.40. The van der Waals surface area contributed by atoms with Crippen LogP contribution in [0, 0.1) is 0 Å². The molecule has 2 aliphatic rings. The van der Waals surface area contributed by atoms with Gasteiger partial charge in [0.15, 0.2) is 0 Å². The summed E-state index contributed by atoms with van der Waals surface area (Å²) < 4.78 is 5.60. The number of carbonyl (C=O) groups excluding carboxylic acids is 1. The van der Waals surface area contributed by atoms with Gasteiger partial charge in [-0.2, -0.15) is 0 Å². The van der Waals surface area contributed by atoms with Gasteiger partial charge in [-0.3, -0.25) is 4.79 Å². The van der Waals surface area contributed by atoms with Crippen LogP contribution in [-0.2, 0) is 17.6 Å². The molecule has 2 aromatic rings. The molecule has 0 saturated heterocycles. The van der Waals surface area contributed by atoms with Crippen molar-refractivity contribution in [3.8, 4) is 0 Å². The van der Waals surface area contributed by atoms with Crippen LogP contribution in [0.2, 0.25) is 0 Å². The number of carbonyl (C=O) groups is 1. The van der Waals surface area contributed by atoms with Crippen LogP contribution in [-0.4, -0.2) is 21.4 Å². The second-order valence-electron chi connectivity index (χ2n) is 6.27. The molecule has 5 nitrogen and oxygen atoms in total. The largest absolute Gasteiger partial charge is 0.416 e. The number of anilines is 1. The fourth-order valence-corrected chi connectivity index (χ4v) is 3.55. The van der Waals surface area contributed by atoms with Gasteiger partial charge in [0.25, 0.3) is 5.22 Å². The van der Waals surface area contributed by atoms with E-state index in [4.69, 9.17) is 4.42 Å². The molecule has 120 valence electrons. The van der Waals surface area contributed by atoms with E-state index in [0.717, 1.165) is 31.4 Å². The quantitative estimate of drug-likeness (QED) is 0.850. The SMILES string of the molecule is CC(Sc1nnc(C2CC2)o1)C(=O)Nc1ccc2c(c1)CCC2. The predicted molar refractivity (Wildman–Crippen MR) is 88.7 cm³/mol. The third-order valence-corrected chi connectivity index (χ3v) is 5.30. The molecule has 1 atom stereocenters. The average Bonchev–Trinajstić information content (AvgIpc) is 3.11. The van der Waals surface area contributed by atoms with Crippen LogP contribution in [0.25, 0.3) is 0 Å². The van der Waals surface area contributed by atoms with Crippen LogP contribution in [0.15, 0.2) is 27.8 Å². The van der Waals surface area contributed by atoms with Crippen molar-refractivity contribution in [2.75, 3.05) is 5.32 Å². The van der Waals surface area contributed by atoms with Crippen LogP contribution >= 0.6 is 11.8 Å². The molecule has 1 amide bonds. The number of aromatic nitrogens is 2. The molecule has 0 radical (unpaired) electrons. The minimum absolute atomic E-state index is 0.0425. The maximum atomic E-state index is 12.3. The molecule has 2 aliphatic carbocycles. The smallest absolute Gasteiger partial charge is 0.277 e. The van der Waals surface area contributed by atoms with Gasteiger partial charge < -0.3 is 9.73 Å². The van der Waals surface area contributed by atoms with Crippen molar-refractivity contribution in [1.82, 2.24) is 10.2 Å². The minimum atomic E-state index is -0.282. The number of thioether (sulfide) groups is 1. The Labute approximate surface area is 139 Å². The molecule has 1 heterocycles. The van der Waals surface area contributed by atoms with Gasteiger partial charge in [0.1, 0.15) is 0 Å². The summed E-state index contributed by atoms with van der Waals surface area (Å²) in [7, 11) is 0. The van der Waals surface area contributed by atoms with E-state index in [1.165, 1.54) is 29.3 Å². The fraction of sp³-hybridized carbons (Fsp3) is 0.471. The molecular weight excluding hydrogens is 310 g/mol. The molecule has 1 unspecified atom stereocenters. The molecule has 0 aliphatic heterocycles. The lowest BCUT2D eigenvalue weighted by molar-refractivity contribution is -0.115. The summed E-state index contributed by atoms with van der Waals surface area (Å²) in [6, 6.07) is 6.20. The number of nitrogens with one attached hydrogen (secondary N) is 1. The summed E-state index contributed by atoms with van der Waals surface area (Å²) in [4.78, 5) is 12.3. The van der Waals surface area contributed by atoms with Crippen molar-refractivity contribution in [2.24, 2.45) is 0 Å². The predicted octanol–water partition coefficient (Wildman–Crippen LogP) is 3.56. The van der Waals surface area contributed by atoms with E-state index in [1.807, 2.05) is 13.0 Å². The monoisotopic (exact) mass is 329 g/mol. The maximum absolute atomic E-state index is 12.3. The number of rotatable bonds is 5. The summed E-state index contributed by atoms with van der Waals surface area (Å²) in [5, 5.41) is 11.2. The molecule has 1 N–H and O–H groups in total. The number of hydrogen-bond donors (Lipinski definition) is 1. The summed E-state index contributed by atoms with van der Waals surface area (Å²) in [5.41, 5.74) is 3.63. The first-order valence-electron chi connectivity index (χ1n) is 8.12. The van der Waals surface area contributed by atoms with Gasteiger partial charge in [-0.05, 0) is 62.3 Å². The summed E-state index contributed by atoms with van der Waals surface area (Å²) in [6.07, 6.45) is 5.71. The van der Waals surface area contributed by atoms with Crippen molar-refractivity contribution in [1.29, 1.82) is 0 Å². The van der Waals surface area contributed by atoms with Crippen molar-refractivity contribution >= 4 is 23.4 Å². The number of nitrogens with zero attached hydrogens (tertiary/aromatic N) is 2. The number of aryl methyl sites for hydroxylation is 2. The van der Waals surface area contributed by atoms with E-state index < -0.39 is 0 Å². The van der Waals surface area contributed by atoms with Crippen LogP contribution in [0.1, 0.15) is 49.1 Å². The van der Waals surface area contributed by atoms with E-state index in [0.29, 0.717) is 17.0 Å². The highest BCUT2D eigenvalue weighted by atomic mass is 32.2. The Kier molecular flexibility index (Phi) is 3.85. The molecule has 1 aromatic heterocycles. The molecule has 4 rings (SSSR count). The van der Waals surface area contributed by atoms with Gasteiger partial charge in [-0.15, -0.1) is 10.2 Å². The molecule has 1 aromatic carbocycles. The lowest BCUT2D eigenvalue weighted by Crippen LogP contribution is -2.22. The van der Waals surface area contributed by atoms with Gasteiger partial charge in [-0.1, -0.05) is 17.8 Å². The third-order valence-electron chi connectivity index (χ3n) is 4.36. The van der Waals surface area contributed by atoms with E-state index >= 15 is 0 Å². The third kappa shape index (κ3) is 3.27. The summed E-state index contributed by atoms with van der Waals surface area (Å²) >= 11 is 1.31. The Hall–Kier alpha value is -1.82. The molecule has 23 heavy (non-hydrogen) atoms. The second-order valence-corrected chi connectivity index (χ2v) is 7.56. The van der Waals surface area contributed by atoms with E-state index in [1.54, 1.807) is 0 Å². The highest BCUT2D eigenvalue weighted by Gasteiger charge is 2.30. The van der Waals surface area contributed by atoms with Crippen LogP contribution in [0.3, 0.4) is 0 Å². The van der Waals surface area contributed by atoms with Crippen LogP contribution < -0.4 is 5.32 Å². The number of amides is 1. The van der Waals surface area contributed by atoms with E-state index in [-0.39, 0.29) is 11.2 Å². The highest BCUT2D eigenvalue weighted by molar-refractivity contribution is 8.00. The first-order chi connectivity index (χ1) is 11.2. The summed E-state index contributed by atoms with van der Waals surface area (Å²) in [6.45, 7) is 1.86. The second kappa shape index (κ2) is 6.00. The maximum Gasteiger partial charge on any atom is 0.277 e. The zero-order chi connectivity index (χ0) is 15.8. The van der Waals surface area contributed by atoms with Crippen molar-refractivity contribution in [3.63, 3.8) is 0 Å². The molecule has 1 saturated carbocycles. The average molecular weight is 329 g/mol. The fourth-order valence-electron chi connectivity index (χ4n) is 2.86. The normalized spacial score (nSPS) is 17.8. The number of fused-ring (bicyclic) bond motifs is 1. The molecule has 1 fully saturated rings. The van der Waals surface area contributed by atoms with E-state index in [2.05, 4.69) is 27.6 Å². The Morgan fingerprint density at radius 1 is 1.30 bits per heavy atom. The van der Waals surface area contributed by atoms with Gasteiger partial charge in [-0.25, -0.2) is 0 Å². The Morgan fingerprint density at radius 2 is 2.13 bits per heavy atom. The molecule has 6 heteroatoms. The zero-order valence-electron chi connectivity index (χ0n) is 13.0. The van der Waals surface area contributed by atoms with Gasteiger partial charge in [0, 0.05) is 11.6 Å². The van der Waals surface area contributed by atoms with Gasteiger partial charge in [0.05, 0.1) is 5.25 Å². The van der Waals surface area contributed by atoms with E-state index in [9.17, 15) is 4.79 Å². The van der Waals surface area contributed by atoms with Crippen LogP contribution in [0.5, 0.6) is 0 Å². The van der Waals surface area contributed by atoms with Gasteiger partial charge in [0.2, 0.25) is 11.8 Å². The molecular formula is C17H19N3O2S. The van der Waals surface area contributed by atoms with Crippen molar-refractivity contribution in [2.45, 2.75) is 55.4 Å². The lowest BCUT2D eigenvalue weighted by Gasteiger charge is -2.11. The topological polar surface area (TPSA) is 68.0 Å². The Bertz CT molecular complexity index is 739. The van der Waals surface area contributed by atoms with Crippen molar-refractivity contribution in [3.05, 3.63) is 35.2 Å². The standard InChI is InChI=1S/C17H19N3O2S/c1-10(23-17-20-19-16(22-17)12-5-6-12)15(21)18-14-8-7-11-3-2-4-13(11)9-14/h7-10,12H,2-6H2,1H3,(H,18,21). The van der Waals surface area contributed by atoms with Gasteiger partial charge >= 0.3 is 0 Å². The number of hydrogen-bond acceptors (Lipinski definition) is 5. The Morgan fingerprint density at radius 3 is 2.96 bits per heavy atom.